The van der Waals surface area contributed by atoms with Crippen molar-refractivity contribution in [1.29, 1.82) is 0 Å². The SMILES string of the molecule is CCNc1nc(C2CC2)nc(N2CC3CCCC3C2)c1C. The van der Waals surface area contributed by atoms with Gasteiger partial charge in [-0.25, -0.2) is 9.97 Å². The third-order valence-electron chi connectivity index (χ3n) is 5.45. The maximum atomic E-state index is 4.96. The molecular formula is C17H26N4. The number of fused-ring (bicyclic) bond motifs is 1. The maximum Gasteiger partial charge on any atom is 0.137 e. The van der Waals surface area contributed by atoms with Crippen LogP contribution in [-0.2, 0) is 0 Å². The molecule has 4 heteroatoms. The van der Waals surface area contributed by atoms with Crippen LogP contribution < -0.4 is 10.2 Å². The van der Waals surface area contributed by atoms with Crippen molar-refractivity contribution in [2.45, 2.75) is 51.9 Å². The van der Waals surface area contributed by atoms with Gasteiger partial charge in [0.2, 0.25) is 0 Å². The normalized spacial score (nSPS) is 28.0. The topological polar surface area (TPSA) is 41.1 Å². The molecule has 1 saturated heterocycles. The Morgan fingerprint density at radius 1 is 1.10 bits per heavy atom. The predicted octanol–water partition coefficient (Wildman–Crippen LogP) is 3.33. The minimum absolute atomic E-state index is 0.615. The smallest absolute Gasteiger partial charge is 0.137 e. The van der Waals surface area contributed by atoms with Gasteiger partial charge < -0.3 is 10.2 Å². The van der Waals surface area contributed by atoms with Crippen LogP contribution in [0.25, 0.3) is 0 Å². The molecule has 2 aliphatic carbocycles. The van der Waals surface area contributed by atoms with Crippen LogP contribution in [0.2, 0.25) is 0 Å². The molecule has 21 heavy (non-hydrogen) atoms. The van der Waals surface area contributed by atoms with Gasteiger partial charge in [0.25, 0.3) is 0 Å². The average Bonchev–Trinajstić information content (AvgIpc) is 3.10. The molecule has 0 bridgehead atoms. The van der Waals surface area contributed by atoms with E-state index in [0.717, 1.165) is 30.0 Å². The second-order valence-corrected chi connectivity index (χ2v) is 7.04. The van der Waals surface area contributed by atoms with Crippen LogP contribution in [0.1, 0.15) is 56.3 Å². The molecule has 0 aromatic carbocycles. The molecule has 0 spiro atoms. The molecule has 2 unspecified atom stereocenters. The van der Waals surface area contributed by atoms with Gasteiger partial charge in [0.05, 0.1) is 0 Å². The average molecular weight is 286 g/mol. The van der Waals surface area contributed by atoms with Crippen molar-refractivity contribution in [3.8, 4) is 0 Å². The molecule has 4 rings (SSSR count). The lowest BCUT2D eigenvalue weighted by Gasteiger charge is -2.23. The molecular weight excluding hydrogens is 260 g/mol. The van der Waals surface area contributed by atoms with Crippen LogP contribution in [0.5, 0.6) is 0 Å². The molecule has 1 N–H and O–H groups in total. The third-order valence-corrected chi connectivity index (χ3v) is 5.45. The first-order valence-corrected chi connectivity index (χ1v) is 8.63. The molecule has 0 amide bonds. The van der Waals surface area contributed by atoms with E-state index >= 15 is 0 Å². The quantitative estimate of drug-likeness (QED) is 0.922. The van der Waals surface area contributed by atoms with E-state index in [1.807, 2.05) is 0 Å². The first kappa shape index (κ1) is 13.4. The van der Waals surface area contributed by atoms with Crippen molar-refractivity contribution >= 4 is 11.6 Å². The highest BCUT2D eigenvalue weighted by Crippen LogP contribution is 2.43. The zero-order valence-electron chi connectivity index (χ0n) is 13.2. The molecule has 2 heterocycles. The van der Waals surface area contributed by atoms with Crippen LogP contribution in [0.3, 0.4) is 0 Å². The Labute approximate surface area is 127 Å². The highest BCUT2D eigenvalue weighted by atomic mass is 15.2. The van der Waals surface area contributed by atoms with Crippen molar-refractivity contribution in [1.82, 2.24) is 9.97 Å². The second kappa shape index (κ2) is 5.15. The summed E-state index contributed by atoms with van der Waals surface area (Å²) in [5, 5.41) is 3.44. The molecule has 1 aromatic heterocycles. The highest BCUT2D eigenvalue weighted by Gasteiger charge is 2.38. The zero-order chi connectivity index (χ0) is 14.4. The lowest BCUT2D eigenvalue weighted by atomic mass is 10.0. The molecule has 3 fully saturated rings. The molecule has 1 aliphatic heterocycles. The van der Waals surface area contributed by atoms with E-state index in [9.17, 15) is 0 Å². The predicted molar refractivity (Wildman–Crippen MR) is 86.0 cm³/mol. The van der Waals surface area contributed by atoms with E-state index in [-0.39, 0.29) is 0 Å². The number of nitrogens with zero attached hydrogens (tertiary/aromatic N) is 3. The van der Waals surface area contributed by atoms with Gasteiger partial charge in [0.15, 0.2) is 0 Å². The summed E-state index contributed by atoms with van der Waals surface area (Å²) in [5.74, 6) is 5.77. The van der Waals surface area contributed by atoms with Gasteiger partial charge in [0.1, 0.15) is 17.5 Å². The summed E-state index contributed by atoms with van der Waals surface area (Å²) in [4.78, 5) is 12.3. The van der Waals surface area contributed by atoms with Crippen molar-refractivity contribution in [3.05, 3.63) is 11.4 Å². The third kappa shape index (κ3) is 2.39. The first-order valence-electron chi connectivity index (χ1n) is 8.63. The van der Waals surface area contributed by atoms with E-state index < -0.39 is 0 Å². The Bertz CT molecular complexity index is 526. The van der Waals surface area contributed by atoms with Gasteiger partial charge >= 0.3 is 0 Å². The van der Waals surface area contributed by atoms with Gasteiger partial charge in [-0.1, -0.05) is 6.42 Å². The second-order valence-electron chi connectivity index (χ2n) is 7.04. The number of nitrogens with one attached hydrogen (secondary N) is 1. The van der Waals surface area contributed by atoms with Gasteiger partial charge in [-0.05, 0) is 51.4 Å². The maximum absolute atomic E-state index is 4.96. The van der Waals surface area contributed by atoms with Crippen molar-refractivity contribution in [2.24, 2.45) is 11.8 Å². The number of rotatable bonds is 4. The summed E-state index contributed by atoms with van der Waals surface area (Å²) in [7, 11) is 0. The minimum atomic E-state index is 0.615. The Hall–Kier alpha value is -1.32. The summed E-state index contributed by atoms with van der Waals surface area (Å²) in [6, 6.07) is 0. The number of anilines is 2. The van der Waals surface area contributed by atoms with E-state index in [2.05, 4.69) is 24.1 Å². The van der Waals surface area contributed by atoms with Crippen molar-refractivity contribution in [3.63, 3.8) is 0 Å². The fraction of sp³-hybridized carbons (Fsp3) is 0.765. The summed E-state index contributed by atoms with van der Waals surface area (Å²) in [5.41, 5.74) is 1.24. The van der Waals surface area contributed by atoms with Crippen LogP contribution in [0.4, 0.5) is 11.6 Å². The van der Waals surface area contributed by atoms with Crippen LogP contribution in [0.15, 0.2) is 0 Å². The standard InChI is InChI=1S/C17H26N4/c1-3-18-15-11(2)17(20-16(19-15)12-7-8-12)21-9-13-5-4-6-14(13)10-21/h12-14H,3-10H2,1-2H3,(H,18,19,20). The molecule has 0 radical (unpaired) electrons. The molecule has 3 aliphatic rings. The van der Waals surface area contributed by atoms with E-state index in [1.165, 1.54) is 56.6 Å². The zero-order valence-corrected chi connectivity index (χ0v) is 13.2. The fourth-order valence-electron chi connectivity index (χ4n) is 4.10. The summed E-state index contributed by atoms with van der Waals surface area (Å²) < 4.78 is 0. The highest BCUT2D eigenvalue weighted by molar-refractivity contribution is 5.59. The van der Waals surface area contributed by atoms with Gasteiger partial charge in [-0.15, -0.1) is 0 Å². The number of hydrogen-bond donors (Lipinski definition) is 1. The minimum Gasteiger partial charge on any atom is -0.370 e. The first-order chi connectivity index (χ1) is 10.3. The van der Waals surface area contributed by atoms with Crippen LogP contribution >= 0.6 is 0 Å². The van der Waals surface area contributed by atoms with Crippen molar-refractivity contribution in [2.75, 3.05) is 29.9 Å². The monoisotopic (exact) mass is 286 g/mol. The van der Waals surface area contributed by atoms with Gasteiger partial charge in [-0.3, -0.25) is 0 Å². The summed E-state index contributed by atoms with van der Waals surface area (Å²) >= 11 is 0. The fourth-order valence-corrected chi connectivity index (χ4v) is 4.10. The van der Waals surface area contributed by atoms with Crippen molar-refractivity contribution < 1.29 is 0 Å². The number of aromatic nitrogens is 2. The lowest BCUT2D eigenvalue weighted by Crippen LogP contribution is -2.24. The summed E-state index contributed by atoms with van der Waals surface area (Å²) in [6.07, 6.45) is 6.79. The van der Waals surface area contributed by atoms with E-state index in [0.29, 0.717) is 5.92 Å². The van der Waals surface area contributed by atoms with Gasteiger partial charge in [0, 0.05) is 31.1 Å². The summed E-state index contributed by atoms with van der Waals surface area (Å²) in [6.45, 7) is 7.65. The Balaban J connectivity index is 1.66. The van der Waals surface area contributed by atoms with Crippen LogP contribution in [-0.4, -0.2) is 29.6 Å². The molecule has 1 aromatic rings. The Morgan fingerprint density at radius 2 is 1.81 bits per heavy atom. The van der Waals surface area contributed by atoms with Crippen LogP contribution in [0, 0.1) is 18.8 Å². The number of hydrogen-bond acceptors (Lipinski definition) is 4. The lowest BCUT2D eigenvalue weighted by molar-refractivity contribution is 0.494. The van der Waals surface area contributed by atoms with Gasteiger partial charge in [-0.2, -0.15) is 0 Å². The van der Waals surface area contributed by atoms with E-state index in [4.69, 9.17) is 9.97 Å². The molecule has 2 saturated carbocycles. The molecule has 114 valence electrons. The molecule has 2 atom stereocenters. The molecule has 4 nitrogen and oxygen atoms in total. The van der Waals surface area contributed by atoms with E-state index in [1.54, 1.807) is 0 Å². The Morgan fingerprint density at radius 3 is 2.43 bits per heavy atom. The Kier molecular flexibility index (Phi) is 3.27. The largest absolute Gasteiger partial charge is 0.370 e.